The Balaban J connectivity index is 1.78. The number of thioether (sulfide) groups is 1. The Morgan fingerprint density at radius 1 is 0.929 bits per heavy atom. The van der Waals surface area contributed by atoms with Crippen molar-refractivity contribution in [2.45, 2.75) is 6.92 Å². The van der Waals surface area contributed by atoms with Crippen molar-refractivity contribution in [3.63, 3.8) is 0 Å². The van der Waals surface area contributed by atoms with Crippen molar-refractivity contribution < 1.29 is 4.79 Å². The molecule has 0 saturated carbocycles. The van der Waals surface area contributed by atoms with Gasteiger partial charge in [0.15, 0.2) is 4.32 Å². The lowest BCUT2D eigenvalue weighted by Crippen LogP contribution is -2.27. The number of amides is 1. The van der Waals surface area contributed by atoms with E-state index in [1.165, 1.54) is 16.7 Å². The number of nitrogens with zero attached hydrogens (tertiary/aromatic N) is 3. The molecule has 0 N–H and O–H groups in total. The van der Waals surface area contributed by atoms with Gasteiger partial charge in [-0.3, -0.25) is 19.2 Å². The van der Waals surface area contributed by atoms with Crippen LogP contribution in [-0.4, -0.2) is 19.6 Å². The van der Waals surface area contributed by atoms with E-state index in [0.29, 0.717) is 14.8 Å². The molecule has 0 radical (unpaired) electrons. The number of rotatable bonds is 3. The van der Waals surface area contributed by atoms with Crippen molar-refractivity contribution in [2.24, 2.45) is 7.05 Å². The maximum atomic E-state index is 13.1. The van der Waals surface area contributed by atoms with Crippen LogP contribution in [0.25, 0.3) is 11.8 Å². The summed E-state index contributed by atoms with van der Waals surface area (Å²) < 4.78 is 3.85. The lowest BCUT2D eigenvalue weighted by atomic mass is 10.2. The summed E-state index contributed by atoms with van der Waals surface area (Å²) in [5, 5.41) is 0. The molecule has 28 heavy (non-hydrogen) atoms. The maximum Gasteiger partial charge on any atom is 0.278 e. The third-order valence-electron chi connectivity index (χ3n) is 4.68. The van der Waals surface area contributed by atoms with Crippen molar-refractivity contribution in [3.05, 3.63) is 87.2 Å². The van der Waals surface area contributed by atoms with E-state index in [9.17, 15) is 9.59 Å². The molecular weight excluding hydrogens is 390 g/mol. The first-order valence-corrected chi connectivity index (χ1v) is 9.88. The molecule has 1 aromatic heterocycles. The van der Waals surface area contributed by atoms with Crippen LogP contribution in [0.3, 0.4) is 0 Å². The largest absolute Gasteiger partial charge is 0.285 e. The highest BCUT2D eigenvalue weighted by molar-refractivity contribution is 8.27. The number of benzene rings is 2. The van der Waals surface area contributed by atoms with Crippen LogP contribution in [0.2, 0.25) is 0 Å². The molecular formula is C21H17N3O2S2. The number of para-hydroxylation sites is 2. The van der Waals surface area contributed by atoms with Crippen molar-refractivity contribution in [2.75, 3.05) is 4.90 Å². The number of carbonyl (C=O) groups is 1. The Morgan fingerprint density at radius 2 is 1.50 bits per heavy atom. The second kappa shape index (κ2) is 7.26. The number of carbonyl (C=O) groups excluding carboxylic acids is 1. The average Bonchev–Trinajstić information content (AvgIpc) is 3.10. The first-order valence-electron chi connectivity index (χ1n) is 8.66. The molecule has 1 saturated heterocycles. The van der Waals surface area contributed by atoms with Gasteiger partial charge in [0.25, 0.3) is 11.5 Å². The van der Waals surface area contributed by atoms with Crippen LogP contribution in [0, 0.1) is 6.92 Å². The molecule has 4 rings (SSSR count). The fraction of sp³-hybridized carbons (Fsp3) is 0.0952. The Bertz CT molecular complexity index is 1160. The van der Waals surface area contributed by atoms with E-state index in [4.69, 9.17) is 12.2 Å². The highest BCUT2D eigenvalue weighted by atomic mass is 32.2. The lowest BCUT2D eigenvalue weighted by molar-refractivity contribution is -0.113. The molecule has 2 heterocycles. The number of aromatic nitrogens is 2. The van der Waals surface area contributed by atoms with Crippen LogP contribution in [0.15, 0.2) is 70.4 Å². The third-order valence-corrected chi connectivity index (χ3v) is 5.98. The normalized spacial score (nSPS) is 15.6. The van der Waals surface area contributed by atoms with Crippen LogP contribution in [-0.2, 0) is 11.8 Å². The molecule has 140 valence electrons. The molecule has 0 unspecified atom stereocenters. The van der Waals surface area contributed by atoms with Gasteiger partial charge in [-0.25, -0.2) is 4.68 Å². The molecule has 0 atom stereocenters. The van der Waals surface area contributed by atoms with Crippen LogP contribution < -0.4 is 10.5 Å². The SMILES string of the molecule is Cc1c(/C=C2/SC(=S)N(c3ccccc3)C2=O)c(=O)n(-c2ccccc2)n1C. The van der Waals surface area contributed by atoms with Gasteiger partial charge in [0.1, 0.15) is 0 Å². The average molecular weight is 408 g/mol. The molecule has 0 aliphatic carbocycles. The van der Waals surface area contributed by atoms with Crippen molar-refractivity contribution in [1.29, 1.82) is 0 Å². The number of hydrogen-bond acceptors (Lipinski definition) is 4. The summed E-state index contributed by atoms with van der Waals surface area (Å²) in [7, 11) is 1.83. The zero-order chi connectivity index (χ0) is 19.8. The first kappa shape index (κ1) is 18.5. The number of anilines is 1. The molecule has 7 heteroatoms. The molecule has 1 aliphatic rings. The predicted octanol–water partition coefficient (Wildman–Crippen LogP) is 3.89. The summed E-state index contributed by atoms with van der Waals surface area (Å²) in [5.41, 5.74) is 2.59. The van der Waals surface area contributed by atoms with E-state index in [0.717, 1.165) is 17.1 Å². The number of hydrogen-bond donors (Lipinski definition) is 0. The second-order valence-corrected chi connectivity index (χ2v) is 8.00. The van der Waals surface area contributed by atoms with Gasteiger partial charge in [-0.1, -0.05) is 60.4 Å². The Kier molecular flexibility index (Phi) is 4.78. The van der Waals surface area contributed by atoms with Gasteiger partial charge < -0.3 is 0 Å². The predicted molar refractivity (Wildman–Crippen MR) is 118 cm³/mol. The summed E-state index contributed by atoms with van der Waals surface area (Å²) in [4.78, 5) is 28.0. The molecule has 1 fully saturated rings. The quantitative estimate of drug-likeness (QED) is 0.488. The van der Waals surface area contributed by atoms with Gasteiger partial charge in [-0.05, 0) is 37.3 Å². The fourth-order valence-electron chi connectivity index (χ4n) is 3.15. The first-order chi connectivity index (χ1) is 13.5. The van der Waals surface area contributed by atoms with E-state index in [1.54, 1.807) is 15.4 Å². The molecule has 1 aliphatic heterocycles. The molecule has 1 amide bonds. The highest BCUT2D eigenvalue weighted by Gasteiger charge is 2.33. The minimum absolute atomic E-state index is 0.170. The second-order valence-electron chi connectivity index (χ2n) is 6.33. The Hall–Kier alpha value is -2.90. The van der Waals surface area contributed by atoms with Crippen molar-refractivity contribution in [3.8, 4) is 5.69 Å². The van der Waals surface area contributed by atoms with Crippen molar-refractivity contribution >= 4 is 46.0 Å². The van der Waals surface area contributed by atoms with Crippen LogP contribution in [0.4, 0.5) is 5.69 Å². The lowest BCUT2D eigenvalue weighted by Gasteiger charge is -2.13. The van der Waals surface area contributed by atoms with Gasteiger partial charge in [-0.2, -0.15) is 0 Å². The maximum absolute atomic E-state index is 13.1. The summed E-state index contributed by atoms with van der Waals surface area (Å²) in [5.74, 6) is -0.213. The topological polar surface area (TPSA) is 47.2 Å². The number of thiocarbonyl (C=S) groups is 1. The molecule has 5 nitrogen and oxygen atoms in total. The standard InChI is InChI=1S/C21H17N3O2S2/c1-14-17(19(25)24(22(14)2)16-11-7-4-8-12-16)13-18-20(26)23(21(27)28-18)15-9-5-3-6-10-15/h3-13H,1-2H3/b18-13+. The third kappa shape index (κ3) is 3.02. The van der Waals surface area contributed by atoms with E-state index >= 15 is 0 Å². The Labute approximate surface area is 171 Å². The minimum Gasteiger partial charge on any atom is -0.285 e. The van der Waals surface area contributed by atoms with Gasteiger partial charge in [-0.15, -0.1) is 0 Å². The smallest absolute Gasteiger partial charge is 0.278 e. The molecule has 0 bridgehead atoms. The van der Waals surface area contributed by atoms with Gasteiger partial charge in [0.2, 0.25) is 0 Å². The van der Waals surface area contributed by atoms with Gasteiger partial charge >= 0.3 is 0 Å². The zero-order valence-corrected chi connectivity index (χ0v) is 17.0. The minimum atomic E-state index is -0.213. The monoisotopic (exact) mass is 407 g/mol. The van der Waals surface area contributed by atoms with E-state index < -0.39 is 0 Å². The fourth-order valence-corrected chi connectivity index (χ4v) is 4.43. The van der Waals surface area contributed by atoms with Gasteiger partial charge in [0, 0.05) is 12.7 Å². The highest BCUT2D eigenvalue weighted by Crippen LogP contribution is 2.35. The summed E-state index contributed by atoms with van der Waals surface area (Å²) >= 11 is 6.62. The van der Waals surface area contributed by atoms with E-state index in [-0.39, 0.29) is 11.5 Å². The molecule has 0 spiro atoms. The molecule has 3 aromatic rings. The summed E-state index contributed by atoms with van der Waals surface area (Å²) in [6, 6.07) is 18.7. The summed E-state index contributed by atoms with van der Waals surface area (Å²) in [6.45, 7) is 1.87. The summed E-state index contributed by atoms with van der Waals surface area (Å²) in [6.07, 6.45) is 1.65. The zero-order valence-electron chi connectivity index (χ0n) is 15.3. The van der Waals surface area contributed by atoms with Gasteiger partial charge in [0.05, 0.1) is 21.8 Å². The Morgan fingerprint density at radius 3 is 2.11 bits per heavy atom. The molecule has 2 aromatic carbocycles. The van der Waals surface area contributed by atoms with Crippen LogP contribution in [0.5, 0.6) is 0 Å². The van der Waals surface area contributed by atoms with E-state index in [2.05, 4.69) is 0 Å². The van der Waals surface area contributed by atoms with Crippen LogP contribution >= 0.6 is 24.0 Å². The van der Waals surface area contributed by atoms with Crippen molar-refractivity contribution in [1.82, 2.24) is 9.36 Å². The van der Waals surface area contributed by atoms with E-state index in [1.807, 2.05) is 74.6 Å². The van der Waals surface area contributed by atoms with Crippen LogP contribution in [0.1, 0.15) is 11.3 Å².